The monoisotopic (exact) mass is 410 g/mol. The van der Waals surface area contributed by atoms with Crippen molar-refractivity contribution in [1.29, 1.82) is 0 Å². The third-order valence-corrected chi connectivity index (χ3v) is 4.33. The zero-order valence-corrected chi connectivity index (χ0v) is 16.0. The van der Waals surface area contributed by atoms with Crippen molar-refractivity contribution in [2.75, 3.05) is 6.61 Å². The molecule has 0 amide bonds. The first kappa shape index (κ1) is 19.1. The number of rotatable bonds is 6. The first-order valence-electron chi connectivity index (χ1n) is 7.97. The second-order valence-corrected chi connectivity index (χ2v) is 6.32. The van der Waals surface area contributed by atoms with Gasteiger partial charge >= 0.3 is 5.69 Å². The quantitative estimate of drug-likeness (QED) is 0.671. The van der Waals surface area contributed by atoms with Crippen molar-refractivity contribution >= 4 is 23.2 Å². The Kier molecular flexibility index (Phi) is 5.57. The number of benzene rings is 2. The molecule has 0 fully saturated rings. The van der Waals surface area contributed by atoms with Gasteiger partial charge < -0.3 is 14.6 Å². The molecule has 0 radical (unpaired) electrons. The molecule has 1 N–H and O–H groups in total. The zero-order valence-electron chi connectivity index (χ0n) is 14.5. The van der Waals surface area contributed by atoms with Crippen molar-refractivity contribution in [2.45, 2.75) is 13.5 Å². The molecule has 0 bridgehead atoms. The Morgan fingerprint density at radius 3 is 2.56 bits per heavy atom. The van der Waals surface area contributed by atoms with Gasteiger partial charge in [0.05, 0.1) is 27.9 Å². The number of nitrogens with zero attached hydrogens (tertiary/aromatic N) is 4. The average Bonchev–Trinajstić information content (AvgIpc) is 2.97. The van der Waals surface area contributed by atoms with Gasteiger partial charge in [-0.1, -0.05) is 29.3 Å². The van der Waals surface area contributed by atoms with Gasteiger partial charge in [0.1, 0.15) is 23.9 Å². The van der Waals surface area contributed by atoms with E-state index in [1.807, 2.05) is 6.92 Å². The van der Waals surface area contributed by atoms with Crippen LogP contribution in [-0.2, 0) is 13.7 Å². The first-order chi connectivity index (χ1) is 12.9. The van der Waals surface area contributed by atoms with E-state index in [4.69, 9.17) is 32.7 Å². The van der Waals surface area contributed by atoms with E-state index in [-0.39, 0.29) is 28.2 Å². The van der Waals surface area contributed by atoms with Gasteiger partial charge in [-0.2, -0.15) is 9.36 Å². The summed E-state index contributed by atoms with van der Waals surface area (Å²) >= 11 is 12.0. The minimum Gasteiger partial charge on any atom is -0.506 e. The minimum atomic E-state index is -0.407. The van der Waals surface area contributed by atoms with E-state index in [0.29, 0.717) is 23.6 Å². The minimum absolute atomic E-state index is 0.0232. The summed E-state index contributed by atoms with van der Waals surface area (Å²) in [7, 11) is 1.51. The fraction of sp³-hybridized carbons (Fsp3) is 0.235. The molecule has 0 saturated carbocycles. The standard InChI is InChI=1S/C17H16Cl2N4O4/c1-3-26-15-6-4-5-13(23-17(25)22(2)20-21-23)10(15)9-27-16-8-11(18)14(24)7-12(16)19/h4-8,24H,3,9H2,1-2H3. The number of halogens is 2. The smallest absolute Gasteiger partial charge is 0.368 e. The fourth-order valence-electron chi connectivity index (χ4n) is 2.43. The molecule has 0 aliphatic rings. The summed E-state index contributed by atoms with van der Waals surface area (Å²) in [5.74, 6) is 0.673. The van der Waals surface area contributed by atoms with Gasteiger partial charge in [-0.05, 0) is 29.5 Å². The molecule has 8 nitrogen and oxygen atoms in total. The number of aryl methyl sites for hydroxylation is 1. The predicted octanol–water partition coefficient (Wildman–Crippen LogP) is 2.96. The van der Waals surface area contributed by atoms with Gasteiger partial charge in [-0.3, -0.25) is 0 Å². The molecule has 0 atom stereocenters. The second-order valence-electron chi connectivity index (χ2n) is 5.51. The molecular weight excluding hydrogens is 395 g/mol. The van der Waals surface area contributed by atoms with E-state index in [2.05, 4.69) is 10.4 Å². The van der Waals surface area contributed by atoms with Crippen LogP contribution < -0.4 is 15.2 Å². The summed E-state index contributed by atoms with van der Waals surface area (Å²) in [6, 6.07) is 7.93. The summed E-state index contributed by atoms with van der Waals surface area (Å²) in [5.41, 5.74) is 0.651. The molecule has 1 aromatic heterocycles. The number of hydrogen-bond acceptors (Lipinski definition) is 6. The highest BCUT2D eigenvalue weighted by atomic mass is 35.5. The van der Waals surface area contributed by atoms with Crippen molar-refractivity contribution in [2.24, 2.45) is 7.05 Å². The van der Waals surface area contributed by atoms with Crippen molar-refractivity contribution in [3.8, 4) is 22.9 Å². The fourth-order valence-corrected chi connectivity index (χ4v) is 2.80. The molecule has 10 heteroatoms. The molecule has 1 heterocycles. The number of aromatic nitrogens is 4. The maximum atomic E-state index is 12.3. The van der Waals surface area contributed by atoms with Gasteiger partial charge in [-0.25, -0.2) is 4.79 Å². The number of phenolic OH excluding ortho intramolecular Hbond substituents is 1. The Labute approximate surface area is 164 Å². The number of ether oxygens (including phenoxy) is 2. The second kappa shape index (κ2) is 7.89. The van der Waals surface area contributed by atoms with Crippen LogP contribution in [0.25, 0.3) is 5.69 Å². The van der Waals surface area contributed by atoms with Gasteiger partial charge in [0.15, 0.2) is 0 Å². The molecule has 0 saturated heterocycles. The van der Waals surface area contributed by atoms with Crippen LogP contribution >= 0.6 is 23.2 Å². The van der Waals surface area contributed by atoms with E-state index < -0.39 is 5.69 Å². The maximum Gasteiger partial charge on any atom is 0.368 e. The molecule has 142 valence electrons. The number of hydrogen-bond donors (Lipinski definition) is 1. The van der Waals surface area contributed by atoms with Crippen molar-refractivity contribution < 1.29 is 14.6 Å². The lowest BCUT2D eigenvalue weighted by Gasteiger charge is -2.16. The molecule has 3 aromatic rings. The van der Waals surface area contributed by atoms with Crippen LogP contribution in [0, 0.1) is 0 Å². The Bertz CT molecular complexity index is 1030. The Balaban J connectivity index is 2.02. The lowest BCUT2D eigenvalue weighted by molar-refractivity contribution is 0.285. The van der Waals surface area contributed by atoms with Gasteiger partial charge in [0, 0.05) is 19.2 Å². The zero-order chi connectivity index (χ0) is 19.6. The lowest BCUT2D eigenvalue weighted by Crippen LogP contribution is -2.23. The summed E-state index contributed by atoms with van der Waals surface area (Å²) in [6.45, 7) is 2.30. The van der Waals surface area contributed by atoms with Crippen LogP contribution in [0.2, 0.25) is 10.0 Å². The van der Waals surface area contributed by atoms with Gasteiger partial charge in [0.25, 0.3) is 0 Å². The Morgan fingerprint density at radius 2 is 1.89 bits per heavy atom. The van der Waals surface area contributed by atoms with E-state index in [0.717, 1.165) is 9.36 Å². The summed E-state index contributed by atoms with van der Waals surface area (Å²) < 4.78 is 13.7. The lowest BCUT2D eigenvalue weighted by atomic mass is 10.1. The van der Waals surface area contributed by atoms with E-state index in [1.165, 1.54) is 19.2 Å². The van der Waals surface area contributed by atoms with Crippen LogP contribution in [0.1, 0.15) is 12.5 Å². The summed E-state index contributed by atoms with van der Waals surface area (Å²) in [5, 5.41) is 17.5. The number of phenols is 1. The molecule has 2 aromatic carbocycles. The highest BCUT2D eigenvalue weighted by molar-refractivity contribution is 6.35. The summed E-state index contributed by atoms with van der Waals surface area (Å²) in [6.07, 6.45) is 0. The van der Waals surface area contributed by atoms with Crippen LogP contribution in [0.15, 0.2) is 35.1 Å². The molecule has 0 aliphatic heterocycles. The molecule has 27 heavy (non-hydrogen) atoms. The maximum absolute atomic E-state index is 12.3. The largest absolute Gasteiger partial charge is 0.506 e. The van der Waals surface area contributed by atoms with E-state index in [9.17, 15) is 9.90 Å². The van der Waals surface area contributed by atoms with Gasteiger partial charge in [-0.15, -0.1) is 0 Å². The highest BCUT2D eigenvalue weighted by Crippen LogP contribution is 2.36. The van der Waals surface area contributed by atoms with Crippen LogP contribution in [-0.4, -0.2) is 31.5 Å². The topological polar surface area (TPSA) is 91.4 Å². The van der Waals surface area contributed by atoms with Crippen molar-refractivity contribution in [3.63, 3.8) is 0 Å². The average molecular weight is 411 g/mol. The molecule has 0 unspecified atom stereocenters. The predicted molar refractivity (Wildman–Crippen MR) is 100 cm³/mol. The van der Waals surface area contributed by atoms with Crippen LogP contribution in [0.3, 0.4) is 0 Å². The first-order valence-corrected chi connectivity index (χ1v) is 8.72. The summed E-state index contributed by atoms with van der Waals surface area (Å²) in [4.78, 5) is 12.3. The molecule has 0 aliphatic carbocycles. The molecular formula is C17H16Cl2N4O4. The van der Waals surface area contributed by atoms with E-state index >= 15 is 0 Å². The third kappa shape index (κ3) is 3.86. The number of tetrazole rings is 1. The van der Waals surface area contributed by atoms with Crippen molar-refractivity contribution in [3.05, 3.63) is 56.4 Å². The Hall–Kier alpha value is -2.71. The normalized spacial score (nSPS) is 10.8. The van der Waals surface area contributed by atoms with Crippen LogP contribution in [0.4, 0.5) is 0 Å². The Morgan fingerprint density at radius 1 is 1.11 bits per heavy atom. The highest BCUT2D eigenvalue weighted by Gasteiger charge is 2.17. The number of aromatic hydroxyl groups is 1. The molecule has 0 spiro atoms. The molecule has 3 rings (SSSR count). The van der Waals surface area contributed by atoms with Crippen LogP contribution in [0.5, 0.6) is 17.2 Å². The van der Waals surface area contributed by atoms with Crippen molar-refractivity contribution in [1.82, 2.24) is 19.8 Å². The van der Waals surface area contributed by atoms with E-state index in [1.54, 1.807) is 18.2 Å². The van der Waals surface area contributed by atoms with Gasteiger partial charge in [0.2, 0.25) is 0 Å². The third-order valence-electron chi connectivity index (χ3n) is 3.73. The SMILES string of the molecule is CCOc1cccc(-n2nnn(C)c2=O)c1COc1cc(Cl)c(O)cc1Cl.